The monoisotopic (exact) mass is 348 g/mol. The molecule has 130 valence electrons. The summed E-state index contributed by atoms with van der Waals surface area (Å²) in [6, 6.07) is 4.55. The van der Waals surface area contributed by atoms with E-state index in [4.69, 9.17) is 4.74 Å². The van der Waals surface area contributed by atoms with Gasteiger partial charge in [-0.3, -0.25) is 0 Å². The number of aromatic nitrogens is 4. The van der Waals surface area contributed by atoms with Crippen LogP contribution in [0.3, 0.4) is 0 Å². The molecule has 7 nitrogen and oxygen atoms in total. The molecule has 0 N–H and O–H groups in total. The van der Waals surface area contributed by atoms with E-state index >= 15 is 0 Å². The summed E-state index contributed by atoms with van der Waals surface area (Å²) in [4.78, 5) is 8.92. The summed E-state index contributed by atoms with van der Waals surface area (Å²) in [5, 5.41) is 9.67. The van der Waals surface area contributed by atoms with Gasteiger partial charge in [0.1, 0.15) is 6.61 Å². The molecule has 2 aromatic heterocycles. The lowest BCUT2D eigenvalue weighted by Gasteiger charge is -2.44. The van der Waals surface area contributed by atoms with Gasteiger partial charge < -0.3 is 14.5 Å². The van der Waals surface area contributed by atoms with Crippen LogP contribution in [0, 0.1) is 0 Å². The van der Waals surface area contributed by atoms with Crippen LogP contribution in [0.2, 0.25) is 0 Å². The highest BCUT2D eigenvalue weighted by Crippen LogP contribution is 2.27. The summed E-state index contributed by atoms with van der Waals surface area (Å²) in [6.07, 6.45) is 0. The molecule has 2 aromatic rings. The van der Waals surface area contributed by atoms with Crippen molar-refractivity contribution in [3.05, 3.63) is 23.7 Å². The average molecular weight is 348 g/mol. The second-order valence-electron chi connectivity index (χ2n) is 7.12. The van der Waals surface area contributed by atoms with Crippen LogP contribution in [0.4, 0.5) is 10.9 Å². The highest BCUT2D eigenvalue weighted by Gasteiger charge is 2.33. The summed E-state index contributed by atoms with van der Waals surface area (Å²) in [5.41, 5.74) is 1.04. The van der Waals surface area contributed by atoms with E-state index in [0.29, 0.717) is 12.6 Å². The van der Waals surface area contributed by atoms with Crippen LogP contribution in [0.25, 0.3) is 0 Å². The summed E-state index contributed by atoms with van der Waals surface area (Å²) < 4.78 is 9.38. The maximum absolute atomic E-state index is 5.07. The molecule has 1 fully saturated rings. The first-order valence-corrected chi connectivity index (χ1v) is 8.79. The molecule has 0 saturated carbocycles. The van der Waals surface area contributed by atoms with Crippen molar-refractivity contribution in [2.75, 3.05) is 37.0 Å². The van der Waals surface area contributed by atoms with Gasteiger partial charge in [0.15, 0.2) is 11.6 Å². The molecule has 24 heavy (non-hydrogen) atoms. The minimum Gasteiger partial charge on any atom is -0.377 e. The van der Waals surface area contributed by atoms with E-state index < -0.39 is 0 Å². The van der Waals surface area contributed by atoms with E-state index in [2.05, 4.69) is 69.3 Å². The van der Waals surface area contributed by atoms with E-state index in [1.807, 2.05) is 0 Å². The summed E-state index contributed by atoms with van der Waals surface area (Å²) in [5.74, 6) is 1.68. The quantitative estimate of drug-likeness (QED) is 0.819. The van der Waals surface area contributed by atoms with Crippen LogP contribution in [0.15, 0.2) is 12.1 Å². The summed E-state index contributed by atoms with van der Waals surface area (Å²) in [7, 11) is 3.72. The Morgan fingerprint density at radius 1 is 1.29 bits per heavy atom. The molecule has 1 aliphatic rings. The Labute approximate surface area is 146 Å². The standard InChI is InChI=1S/C16H24N6OS/c1-16(2,3)12-6-7-14(19-18-12)22-8-11(9-22)21(4)15-17-13(10-23-5)20-24-15/h6-7,11H,8-10H2,1-5H3. The Hall–Kier alpha value is -1.80. The van der Waals surface area contributed by atoms with Gasteiger partial charge in [-0.2, -0.15) is 9.47 Å². The predicted octanol–water partition coefficient (Wildman–Crippen LogP) is 2.10. The van der Waals surface area contributed by atoms with Crippen LogP contribution >= 0.6 is 11.5 Å². The maximum atomic E-state index is 5.07. The minimum atomic E-state index is 0.0288. The number of hydrogen-bond acceptors (Lipinski definition) is 8. The molecule has 1 aliphatic heterocycles. The molecule has 0 radical (unpaired) electrons. The van der Waals surface area contributed by atoms with Gasteiger partial charge >= 0.3 is 0 Å². The van der Waals surface area contributed by atoms with E-state index in [1.54, 1.807) is 7.11 Å². The Morgan fingerprint density at radius 3 is 2.62 bits per heavy atom. The molecule has 0 bridgehead atoms. The highest BCUT2D eigenvalue weighted by molar-refractivity contribution is 7.09. The van der Waals surface area contributed by atoms with Crippen LogP contribution in [0.1, 0.15) is 32.3 Å². The SMILES string of the molecule is COCc1nsc(N(C)C2CN(c3ccc(C(C)(C)C)nn3)C2)n1. The third-order valence-corrected chi connectivity index (χ3v) is 5.03. The smallest absolute Gasteiger partial charge is 0.205 e. The fraction of sp³-hybridized carbons (Fsp3) is 0.625. The van der Waals surface area contributed by atoms with Gasteiger partial charge in [-0.05, 0) is 12.1 Å². The van der Waals surface area contributed by atoms with Crippen molar-refractivity contribution in [1.82, 2.24) is 19.6 Å². The van der Waals surface area contributed by atoms with Crippen molar-refractivity contribution in [3.8, 4) is 0 Å². The van der Waals surface area contributed by atoms with Crippen molar-refractivity contribution >= 4 is 22.5 Å². The third-order valence-electron chi connectivity index (χ3n) is 4.19. The Bertz CT molecular complexity index is 675. The second kappa shape index (κ2) is 6.60. The van der Waals surface area contributed by atoms with Crippen molar-refractivity contribution in [3.63, 3.8) is 0 Å². The molecule has 3 rings (SSSR count). The average Bonchev–Trinajstić information content (AvgIpc) is 2.94. The zero-order valence-electron chi connectivity index (χ0n) is 14.9. The predicted molar refractivity (Wildman–Crippen MR) is 95.8 cm³/mol. The summed E-state index contributed by atoms with van der Waals surface area (Å²) >= 11 is 1.42. The molecule has 0 atom stereocenters. The van der Waals surface area contributed by atoms with Gasteiger partial charge in [0, 0.05) is 44.2 Å². The number of hydrogen-bond donors (Lipinski definition) is 0. The molecule has 0 unspecified atom stereocenters. The van der Waals surface area contributed by atoms with Crippen LogP contribution in [-0.4, -0.2) is 52.8 Å². The van der Waals surface area contributed by atoms with E-state index in [-0.39, 0.29) is 5.41 Å². The summed E-state index contributed by atoms with van der Waals surface area (Å²) in [6.45, 7) is 8.72. The lowest BCUT2D eigenvalue weighted by atomic mass is 9.92. The topological polar surface area (TPSA) is 67.3 Å². The van der Waals surface area contributed by atoms with Crippen LogP contribution in [0.5, 0.6) is 0 Å². The third kappa shape index (κ3) is 3.49. The molecule has 0 spiro atoms. The fourth-order valence-electron chi connectivity index (χ4n) is 2.51. The second-order valence-corrected chi connectivity index (χ2v) is 7.85. The number of ether oxygens (including phenoxy) is 1. The Kier molecular flexibility index (Phi) is 4.69. The van der Waals surface area contributed by atoms with Crippen molar-refractivity contribution in [2.24, 2.45) is 0 Å². The maximum Gasteiger partial charge on any atom is 0.205 e. The first-order valence-electron chi connectivity index (χ1n) is 8.02. The van der Waals surface area contributed by atoms with Crippen molar-refractivity contribution < 1.29 is 4.74 Å². The molecule has 3 heterocycles. The molecular formula is C16H24N6OS. The van der Waals surface area contributed by atoms with Gasteiger partial charge in [-0.25, -0.2) is 4.98 Å². The Morgan fingerprint density at radius 2 is 2.04 bits per heavy atom. The fourth-order valence-corrected chi connectivity index (χ4v) is 3.22. The largest absolute Gasteiger partial charge is 0.377 e. The van der Waals surface area contributed by atoms with Gasteiger partial charge in [0.05, 0.1) is 11.7 Å². The van der Waals surface area contributed by atoms with Gasteiger partial charge in [0.2, 0.25) is 5.13 Å². The van der Waals surface area contributed by atoms with Crippen molar-refractivity contribution in [1.29, 1.82) is 0 Å². The van der Waals surface area contributed by atoms with Crippen LogP contribution < -0.4 is 9.80 Å². The first-order chi connectivity index (χ1) is 11.4. The molecule has 0 aromatic carbocycles. The zero-order valence-corrected chi connectivity index (χ0v) is 15.7. The normalized spacial score (nSPS) is 15.5. The number of likely N-dealkylation sites (N-methyl/N-ethyl adjacent to an activating group) is 1. The number of nitrogens with zero attached hydrogens (tertiary/aromatic N) is 6. The number of methoxy groups -OCH3 is 1. The molecule has 1 saturated heterocycles. The van der Waals surface area contributed by atoms with Crippen molar-refractivity contribution in [2.45, 2.75) is 38.8 Å². The minimum absolute atomic E-state index is 0.0288. The molecule has 0 aliphatic carbocycles. The lowest BCUT2D eigenvalue weighted by Crippen LogP contribution is -2.59. The van der Waals surface area contributed by atoms with E-state index in [0.717, 1.165) is 35.6 Å². The van der Waals surface area contributed by atoms with Gasteiger partial charge in [-0.15, -0.1) is 5.10 Å². The highest BCUT2D eigenvalue weighted by atomic mass is 32.1. The molecular weight excluding hydrogens is 324 g/mol. The van der Waals surface area contributed by atoms with E-state index in [1.165, 1.54) is 11.5 Å². The van der Waals surface area contributed by atoms with Gasteiger partial charge in [0.25, 0.3) is 0 Å². The first kappa shape index (κ1) is 17.0. The number of anilines is 2. The van der Waals surface area contributed by atoms with E-state index in [9.17, 15) is 0 Å². The number of rotatable bonds is 5. The lowest BCUT2D eigenvalue weighted by molar-refractivity contribution is 0.179. The Balaban J connectivity index is 1.58. The molecule has 8 heteroatoms. The zero-order chi connectivity index (χ0) is 17.3. The van der Waals surface area contributed by atoms with Crippen LogP contribution in [-0.2, 0) is 16.8 Å². The van der Waals surface area contributed by atoms with Gasteiger partial charge in [-0.1, -0.05) is 20.8 Å². The molecule has 0 amide bonds.